The van der Waals surface area contributed by atoms with E-state index in [1.165, 1.54) is 5.56 Å². The number of benzene rings is 2. The molecule has 0 spiro atoms. The summed E-state index contributed by atoms with van der Waals surface area (Å²) >= 11 is 0. The average molecular weight is 313 g/mol. The van der Waals surface area contributed by atoms with Crippen LogP contribution in [0.5, 0.6) is 5.75 Å². The molecule has 0 saturated carbocycles. The maximum absolute atomic E-state index is 12.4. The highest BCUT2D eigenvalue weighted by Crippen LogP contribution is 2.17. The summed E-state index contributed by atoms with van der Waals surface area (Å²) in [5, 5.41) is 9.03. The molecular formula is C19H23NO3. The Balaban J connectivity index is 2.06. The van der Waals surface area contributed by atoms with E-state index in [0.29, 0.717) is 31.0 Å². The topological polar surface area (TPSA) is 49.8 Å². The van der Waals surface area contributed by atoms with Crippen LogP contribution < -0.4 is 4.74 Å². The first kappa shape index (κ1) is 17.0. The summed E-state index contributed by atoms with van der Waals surface area (Å²) in [7, 11) is 0. The highest BCUT2D eigenvalue weighted by molar-refractivity contribution is 5.94. The lowest BCUT2D eigenvalue weighted by atomic mass is 10.1. The van der Waals surface area contributed by atoms with Gasteiger partial charge in [0.1, 0.15) is 12.4 Å². The number of rotatable bonds is 7. The lowest BCUT2D eigenvalue weighted by Gasteiger charge is -2.20. The van der Waals surface area contributed by atoms with Crippen molar-refractivity contribution in [2.24, 2.45) is 0 Å². The summed E-state index contributed by atoms with van der Waals surface area (Å²) in [6.07, 6.45) is 0. The molecule has 0 unspecified atom stereocenters. The van der Waals surface area contributed by atoms with Crippen LogP contribution in [0.15, 0.2) is 48.5 Å². The van der Waals surface area contributed by atoms with Crippen molar-refractivity contribution in [1.82, 2.24) is 4.90 Å². The molecule has 0 radical (unpaired) electrons. The Kier molecular flexibility index (Phi) is 6.18. The number of carbonyl (C=O) groups excluding carboxylic acids is 1. The predicted octanol–water partition coefficient (Wildman–Crippen LogP) is 3.03. The highest BCUT2D eigenvalue weighted by atomic mass is 16.5. The van der Waals surface area contributed by atoms with Gasteiger partial charge in [0, 0.05) is 18.7 Å². The SMILES string of the molecule is CCN(CCO)C(=O)c1cccc(OCc2cccc(C)c2)c1. The highest BCUT2D eigenvalue weighted by Gasteiger charge is 2.14. The first-order valence-corrected chi connectivity index (χ1v) is 7.82. The smallest absolute Gasteiger partial charge is 0.254 e. The first-order valence-electron chi connectivity index (χ1n) is 7.82. The van der Waals surface area contributed by atoms with E-state index in [9.17, 15) is 4.79 Å². The molecule has 0 heterocycles. The molecule has 0 bridgehead atoms. The number of aryl methyl sites for hydroxylation is 1. The normalized spacial score (nSPS) is 10.4. The third-order valence-corrected chi connectivity index (χ3v) is 3.61. The first-order chi connectivity index (χ1) is 11.1. The van der Waals surface area contributed by atoms with Crippen LogP contribution in [0.1, 0.15) is 28.4 Å². The quantitative estimate of drug-likeness (QED) is 0.855. The van der Waals surface area contributed by atoms with Crippen molar-refractivity contribution in [2.45, 2.75) is 20.5 Å². The predicted molar refractivity (Wildman–Crippen MR) is 90.6 cm³/mol. The zero-order valence-electron chi connectivity index (χ0n) is 13.7. The van der Waals surface area contributed by atoms with Gasteiger partial charge in [-0.2, -0.15) is 0 Å². The number of hydrogen-bond acceptors (Lipinski definition) is 3. The van der Waals surface area contributed by atoms with E-state index >= 15 is 0 Å². The van der Waals surface area contributed by atoms with Gasteiger partial charge in [0.25, 0.3) is 5.91 Å². The molecule has 2 aromatic carbocycles. The molecule has 0 saturated heterocycles. The van der Waals surface area contributed by atoms with E-state index in [4.69, 9.17) is 9.84 Å². The van der Waals surface area contributed by atoms with Gasteiger partial charge in [0.2, 0.25) is 0 Å². The van der Waals surface area contributed by atoms with Crippen LogP contribution in [0.3, 0.4) is 0 Å². The fraction of sp³-hybridized carbons (Fsp3) is 0.316. The van der Waals surface area contributed by atoms with E-state index in [0.717, 1.165) is 5.56 Å². The van der Waals surface area contributed by atoms with Crippen LogP contribution >= 0.6 is 0 Å². The van der Waals surface area contributed by atoms with Crippen molar-refractivity contribution in [3.05, 3.63) is 65.2 Å². The number of aliphatic hydroxyl groups is 1. The van der Waals surface area contributed by atoms with Gasteiger partial charge in [-0.25, -0.2) is 0 Å². The second-order valence-electron chi connectivity index (χ2n) is 5.41. The summed E-state index contributed by atoms with van der Waals surface area (Å²) in [5.41, 5.74) is 2.86. The largest absolute Gasteiger partial charge is 0.489 e. The van der Waals surface area contributed by atoms with Gasteiger partial charge in [0.05, 0.1) is 6.61 Å². The Morgan fingerprint density at radius 3 is 2.65 bits per heavy atom. The zero-order valence-corrected chi connectivity index (χ0v) is 13.7. The Morgan fingerprint density at radius 1 is 1.17 bits per heavy atom. The minimum atomic E-state index is -0.0949. The van der Waals surface area contributed by atoms with E-state index in [1.807, 2.05) is 44.2 Å². The third-order valence-electron chi connectivity index (χ3n) is 3.61. The second-order valence-corrected chi connectivity index (χ2v) is 5.41. The van der Waals surface area contributed by atoms with Gasteiger partial charge in [-0.15, -0.1) is 0 Å². The number of carbonyl (C=O) groups is 1. The molecule has 0 aromatic heterocycles. The van der Waals surface area contributed by atoms with E-state index in [1.54, 1.807) is 17.0 Å². The molecule has 0 aliphatic heterocycles. The van der Waals surface area contributed by atoms with Gasteiger partial charge in [-0.1, -0.05) is 35.9 Å². The summed E-state index contributed by atoms with van der Waals surface area (Å²) in [4.78, 5) is 14.0. The standard InChI is InChI=1S/C19H23NO3/c1-3-20(10-11-21)19(22)17-8-5-9-18(13-17)23-14-16-7-4-6-15(2)12-16/h4-9,12-13,21H,3,10-11,14H2,1-2H3. The molecule has 23 heavy (non-hydrogen) atoms. The van der Waals surface area contributed by atoms with Crippen molar-refractivity contribution >= 4 is 5.91 Å². The van der Waals surface area contributed by atoms with Gasteiger partial charge in [-0.3, -0.25) is 4.79 Å². The van der Waals surface area contributed by atoms with Crippen molar-refractivity contribution in [2.75, 3.05) is 19.7 Å². The molecule has 0 fully saturated rings. The Morgan fingerprint density at radius 2 is 1.96 bits per heavy atom. The third kappa shape index (κ3) is 4.83. The minimum absolute atomic E-state index is 0.0386. The van der Waals surface area contributed by atoms with Gasteiger partial charge < -0.3 is 14.7 Å². The molecule has 0 aliphatic rings. The fourth-order valence-electron chi connectivity index (χ4n) is 2.39. The number of ether oxygens (including phenoxy) is 1. The number of nitrogens with zero attached hydrogens (tertiary/aromatic N) is 1. The zero-order chi connectivity index (χ0) is 16.7. The van der Waals surface area contributed by atoms with Crippen LogP contribution in [0.4, 0.5) is 0 Å². The summed E-state index contributed by atoms with van der Waals surface area (Å²) in [5.74, 6) is 0.569. The van der Waals surface area contributed by atoms with Crippen molar-refractivity contribution in [3.63, 3.8) is 0 Å². The van der Waals surface area contributed by atoms with Gasteiger partial charge >= 0.3 is 0 Å². The summed E-state index contributed by atoms with van der Waals surface area (Å²) in [6.45, 7) is 5.27. The number of aliphatic hydroxyl groups excluding tert-OH is 1. The monoisotopic (exact) mass is 313 g/mol. The Labute approximate surface area is 137 Å². The molecule has 0 aliphatic carbocycles. The summed E-state index contributed by atoms with van der Waals surface area (Å²) in [6, 6.07) is 15.3. The van der Waals surface area contributed by atoms with Crippen LogP contribution in [0, 0.1) is 6.92 Å². The van der Waals surface area contributed by atoms with Crippen LogP contribution in [-0.4, -0.2) is 35.6 Å². The van der Waals surface area contributed by atoms with Crippen molar-refractivity contribution in [3.8, 4) is 5.75 Å². The molecule has 122 valence electrons. The van der Waals surface area contributed by atoms with Gasteiger partial charge in [-0.05, 0) is 37.6 Å². The van der Waals surface area contributed by atoms with Crippen molar-refractivity contribution in [1.29, 1.82) is 0 Å². The van der Waals surface area contributed by atoms with E-state index in [2.05, 4.69) is 6.07 Å². The van der Waals surface area contributed by atoms with Crippen LogP contribution in [0.2, 0.25) is 0 Å². The lowest BCUT2D eigenvalue weighted by molar-refractivity contribution is 0.0731. The molecule has 1 N–H and O–H groups in total. The average Bonchev–Trinajstić information content (AvgIpc) is 2.57. The molecule has 2 rings (SSSR count). The van der Waals surface area contributed by atoms with Gasteiger partial charge in [0.15, 0.2) is 0 Å². The fourth-order valence-corrected chi connectivity index (χ4v) is 2.39. The maximum Gasteiger partial charge on any atom is 0.254 e. The Hall–Kier alpha value is -2.33. The number of likely N-dealkylation sites (N-methyl/N-ethyl adjacent to an activating group) is 1. The van der Waals surface area contributed by atoms with E-state index in [-0.39, 0.29) is 12.5 Å². The number of hydrogen-bond donors (Lipinski definition) is 1. The van der Waals surface area contributed by atoms with Crippen molar-refractivity contribution < 1.29 is 14.6 Å². The van der Waals surface area contributed by atoms with Crippen LogP contribution in [-0.2, 0) is 6.61 Å². The number of amides is 1. The molecule has 4 nitrogen and oxygen atoms in total. The molecule has 2 aromatic rings. The molecule has 1 amide bonds. The van der Waals surface area contributed by atoms with E-state index < -0.39 is 0 Å². The minimum Gasteiger partial charge on any atom is -0.489 e. The lowest BCUT2D eigenvalue weighted by Crippen LogP contribution is -2.33. The maximum atomic E-state index is 12.4. The molecule has 0 atom stereocenters. The van der Waals surface area contributed by atoms with Crippen LogP contribution in [0.25, 0.3) is 0 Å². The summed E-state index contributed by atoms with van der Waals surface area (Å²) < 4.78 is 5.79. The molecule has 4 heteroatoms. The second kappa shape index (κ2) is 8.34. The molecular weight excluding hydrogens is 290 g/mol. The Bertz CT molecular complexity index is 655.